The van der Waals surface area contributed by atoms with E-state index in [9.17, 15) is 18.0 Å². The van der Waals surface area contributed by atoms with E-state index in [-0.39, 0.29) is 29.2 Å². The molecule has 0 radical (unpaired) electrons. The van der Waals surface area contributed by atoms with Gasteiger partial charge in [-0.1, -0.05) is 12.1 Å². The predicted octanol–water partition coefficient (Wildman–Crippen LogP) is 3.42. The van der Waals surface area contributed by atoms with Crippen molar-refractivity contribution < 1.29 is 18.0 Å². The Bertz CT molecular complexity index is 1230. The number of likely N-dealkylation sites (tertiary alicyclic amines) is 1. The Labute approximate surface area is 203 Å². The number of amides is 2. The van der Waals surface area contributed by atoms with Gasteiger partial charge in [-0.05, 0) is 67.1 Å². The molecule has 2 N–H and O–H groups in total. The van der Waals surface area contributed by atoms with Crippen molar-refractivity contribution in [1.29, 1.82) is 0 Å². The van der Waals surface area contributed by atoms with Crippen LogP contribution in [0.2, 0.25) is 0 Å². The van der Waals surface area contributed by atoms with Gasteiger partial charge in [0, 0.05) is 42.2 Å². The second kappa shape index (κ2) is 10.5. The van der Waals surface area contributed by atoms with Crippen LogP contribution < -0.4 is 10.0 Å². The quantitative estimate of drug-likeness (QED) is 0.519. The summed E-state index contributed by atoms with van der Waals surface area (Å²) in [6.45, 7) is 3.08. The van der Waals surface area contributed by atoms with E-state index in [1.807, 2.05) is 30.5 Å². The van der Waals surface area contributed by atoms with E-state index in [1.165, 1.54) is 35.6 Å². The first-order valence-electron chi connectivity index (χ1n) is 11.0. The van der Waals surface area contributed by atoms with Crippen LogP contribution in [0.25, 0.3) is 0 Å². The van der Waals surface area contributed by atoms with Gasteiger partial charge in [0.05, 0.1) is 4.90 Å². The lowest BCUT2D eigenvalue weighted by Crippen LogP contribution is -2.41. The standard InChI is InChI=1S/C24H26N4O4S2/c1-17-4-9-22(25-15-17)27-23(29)18-10-12-28(13-11-18)24(30)19-5-7-21(8-6-19)34(31,32)26-16-20-3-2-14-33-20/h2-9,14-15,18,26H,10-13,16H2,1H3,(H,25,27,29). The van der Waals surface area contributed by atoms with Gasteiger partial charge in [0.25, 0.3) is 5.91 Å². The highest BCUT2D eigenvalue weighted by Gasteiger charge is 2.28. The molecule has 3 heterocycles. The largest absolute Gasteiger partial charge is 0.339 e. The molecule has 2 amide bonds. The van der Waals surface area contributed by atoms with Crippen molar-refractivity contribution >= 4 is 39.0 Å². The molecule has 3 aromatic rings. The molecule has 1 fully saturated rings. The average Bonchev–Trinajstić information content (AvgIpc) is 3.38. The van der Waals surface area contributed by atoms with Gasteiger partial charge in [-0.25, -0.2) is 18.1 Å². The van der Waals surface area contributed by atoms with E-state index in [2.05, 4.69) is 15.0 Å². The molecule has 0 unspecified atom stereocenters. The fourth-order valence-electron chi connectivity index (χ4n) is 3.74. The number of anilines is 1. The zero-order chi connectivity index (χ0) is 24.1. The molecular weight excluding hydrogens is 472 g/mol. The molecule has 1 saturated heterocycles. The van der Waals surface area contributed by atoms with Gasteiger partial charge >= 0.3 is 0 Å². The molecule has 1 aliphatic rings. The maximum absolute atomic E-state index is 12.9. The van der Waals surface area contributed by atoms with Gasteiger partial charge in [0.1, 0.15) is 5.82 Å². The average molecular weight is 499 g/mol. The van der Waals surface area contributed by atoms with Crippen LogP contribution in [0.15, 0.2) is 65.0 Å². The third kappa shape index (κ3) is 5.88. The van der Waals surface area contributed by atoms with Crippen molar-refractivity contribution in [2.45, 2.75) is 31.2 Å². The number of piperidine rings is 1. The van der Waals surface area contributed by atoms with Crippen molar-refractivity contribution in [3.05, 3.63) is 76.1 Å². The predicted molar refractivity (Wildman–Crippen MR) is 131 cm³/mol. The number of carbonyl (C=O) groups excluding carboxylic acids is 2. The number of carbonyl (C=O) groups is 2. The molecule has 10 heteroatoms. The fraction of sp³-hybridized carbons (Fsp3) is 0.292. The Kier molecular flexibility index (Phi) is 7.40. The summed E-state index contributed by atoms with van der Waals surface area (Å²) in [5.41, 5.74) is 1.44. The van der Waals surface area contributed by atoms with Gasteiger partial charge in [-0.15, -0.1) is 11.3 Å². The number of rotatable bonds is 7. The van der Waals surface area contributed by atoms with E-state index < -0.39 is 10.0 Å². The number of thiophene rings is 1. The summed E-state index contributed by atoms with van der Waals surface area (Å²) in [6, 6.07) is 13.3. The van der Waals surface area contributed by atoms with Gasteiger partial charge < -0.3 is 10.2 Å². The van der Waals surface area contributed by atoms with Crippen LogP contribution in [0.1, 0.15) is 33.6 Å². The first-order valence-corrected chi connectivity index (χ1v) is 13.3. The van der Waals surface area contributed by atoms with Crippen LogP contribution in [-0.2, 0) is 21.4 Å². The van der Waals surface area contributed by atoms with Crippen LogP contribution in [0, 0.1) is 12.8 Å². The summed E-state index contributed by atoms with van der Waals surface area (Å²) < 4.78 is 27.6. The number of nitrogens with one attached hydrogen (secondary N) is 2. The van der Waals surface area contributed by atoms with Crippen LogP contribution in [0.3, 0.4) is 0 Å². The molecule has 0 aliphatic carbocycles. The number of pyridine rings is 1. The van der Waals surface area contributed by atoms with Crippen LogP contribution in [0.4, 0.5) is 5.82 Å². The van der Waals surface area contributed by atoms with Gasteiger partial charge in [-0.2, -0.15) is 0 Å². The van der Waals surface area contributed by atoms with E-state index in [4.69, 9.17) is 0 Å². The lowest BCUT2D eigenvalue weighted by Gasteiger charge is -2.31. The number of aromatic nitrogens is 1. The Hall–Kier alpha value is -3.08. The molecule has 0 saturated carbocycles. The van der Waals surface area contributed by atoms with Crippen LogP contribution in [0.5, 0.6) is 0 Å². The smallest absolute Gasteiger partial charge is 0.253 e. The molecule has 1 aromatic carbocycles. The molecule has 0 atom stereocenters. The van der Waals surface area contributed by atoms with E-state index in [0.717, 1.165) is 10.4 Å². The summed E-state index contributed by atoms with van der Waals surface area (Å²) in [7, 11) is -3.67. The number of nitrogens with zero attached hydrogens (tertiary/aromatic N) is 2. The molecule has 4 rings (SSSR count). The maximum atomic E-state index is 12.9. The van der Waals surface area contributed by atoms with Crippen LogP contribution in [-0.4, -0.2) is 43.2 Å². The van der Waals surface area contributed by atoms with Crippen molar-refractivity contribution in [2.24, 2.45) is 5.92 Å². The minimum atomic E-state index is -3.67. The molecule has 178 valence electrons. The number of hydrogen-bond donors (Lipinski definition) is 2. The summed E-state index contributed by atoms with van der Waals surface area (Å²) >= 11 is 1.48. The first kappa shape index (κ1) is 24.1. The monoisotopic (exact) mass is 498 g/mol. The molecule has 0 bridgehead atoms. The lowest BCUT2D eigenvalue weighted by molar-refractivity contribution is -0.121. The minimum Gasteiger partial charge on any atom is -0.339 e. The zero-order valence-corrected chi connectivity index (χ0v) is 20.4. The number of hydrogen-bond acceptors (Lipinski definition) is 6. The molecule has 8 nitrogen and oxygen atoms in total. The van der Waals surface area contributed by atoms with Crippen molar-refractivity contribution in [3.63, 3.8) is 0 Å². The molecule has 1 aliphatic heterocycles. The van der Waals surface area contributed by atoms with E-state index >= 15 is 0 Å². The van der Waals surface area contributed by atoms with Gasteiger partial charge in [0.15, 0.2) is 0 Å². The lowest BCUT2D eigenvalue weighted by atomic mass is 9.95. The number of sulfonamides is 1. The number of benzene rings is 1. The normalized spacial score (nSPS) is 14.7. The molecular formula is C24H26N4O4S2. The second-order valence-electron chi connectivity index (χ2n) is 8.20. The third-order valence-electron chi connectivity index (χ3n) is 5.74. The second-order valence-corrected chi connectivity index (χ2v) is 11.0. The molecule has 0 spiro atoms. The molecule has 2 aromatic heterocycles. The Morgan fingerprint density at radius 1 is 1.09 bits per heavy atom. The minimum absolute atomic E-state index is 0.0898. The third-order valence-corrected chi connectivity index (χ3v) is 8.04. The van der Waals surface area contributed by atoms with Gasteiger partial charge in [-0.3, -0.25) is 9.59 Å². The van der Waals surface area contributed by atoms with E-state index in [1.54, 1.807) is 17.2 Å². The zero-order valence-electron chi connectivity index (χ0n) is 18.7. The van der Waals surface area contributed by atoms with E-state index in [0.29, 0.717) is 37.3 Å². The highest BCUT2D eigenvalue weighted by molar-refractivity contribution is 7.89. The summed E-state index contributed by atoms with van der Waals surface area (Å²) in [5, 5.41) is 4.73. The van der Waals surface area contributed by atoms with Crippen molar-refractivity contribution in [3.8, 4) is 0 Å². The highest BCUT2D eigenvalue weighted by Crippen LogP contribution is 2.21. The van der Waals surface area contributed by atoms with Gasteiger partial charge in [0.2, 0.25) is 15.9 Å². The first-order chi connectivity index (χ1) is 16.3. The summed E-state index contributed by atoms with van der Waals surface area (Å²) in [4.78, 5) is 32.4. The number of aryl methyl sites for hydroxylation is 1. The Morgan fingerprint density at radius 2 is 1.82 bits per heavy atom. The van der Waals surface area contributed by atoms with Crippen LogP contribution >= 0.6 is 11.3 Å². The highest BCUT2D eigenvalue weighted by atomic mass is 32.2. The Morgan fingerprint density at radius 3 is 2.44 bits per heavy atom. The molecule has 34 heavy (non-hydrogen) atoms. The topological polar surface area (TPSA) is 108 Å². The SMILES string of the molecule is Cc1ccc(NC(=O)C2CCN(C(=O)c3ccc(S(=O)(=O)NCc4cccs4)cc3)CC2)nc1. The summed E-state index contributed by atoms with van der Waals surface area (Å²) in [6.07, 6.45) is 2.82. The van der Waals surface area contributed by atoms with Crippen molar-refractivity contribution in [1.82, 2.24) is 14.6 Å². The van der Waals surface area contributed by atoms with Crippen molar-refractivity contribution in [2.75, 3.05) is 18.4 Å². The fourth-order valence-corrected chi connectivity index (χ4v) is 5.48. The maximum Gasteiger partial charge on any atom is 0.253 e. The summed E-state index contributed by atoms with van der Waals surface area (Å²) in [5.74, 6) is 0.0748. The Balaban J connectivity index is 1.30.